The van der Waals surface area contributed by atoms with Gasteiger partial charge in [0.1, 0.15) is 0 Å². The lowest BCUT2D eigenvalue weighted by molar-refractivity contribution is 0.391. The van der Waals surface area contributed by atoms with E-state index in [0.29, 0.717) is 0 Å². The summed E-state index contributed by atoms with van der Waals surface area (Å²) in [5.74, 6) is 2.16. The molecule has 0 spiro atoms. The summed E-state index contributed by atoms with van der Waals surface area (Å²) in [7, 11) is 0. The predicted molar refractivity (Wildman–Crippen MR) is 69.0 cm³/mol. The van der Waals surface area contributed by atoms with Gasteiger partial charge < -0.3 is 0 Å². The molecular formula is C10H16N2S3. The fourth-order valence-electron chi connectivity index (χ4n) is 1.88. The van der Waals surface area contributed by atoms with Crippen LogP contribution in [0.15, 0.2) is 8.68 Å². The molecule has 1 aliphatic rings. The van der Waals surface area contributed by atoms with Crippen molar-refractivity contribution >= 4 is 34.9 Å². The highest BCUT2D eigenvalue weighted by molar-refractivity contribution is 8.02. The molecule has 1 heterocycles. The molecule has 0 amide bonds. The highest BCUT2D eigenvalue weighted by Gasteiger charge is 2.14. The van der Waals surface area contributed by atoms with Crippen LogP contribution in [0.25, 0.3) is 0 Å². The van der Waals surface area contributed by atoms with Crippen molar-refractivity contribution in [3.63, 3.8) is 0 Å². The molecule has 0 unspecified atom stereocenters. The van der Waals surface area contributed by atoms with E-state index in [1.54, 1.807) is 23.1 Å². The summed E-state index contributed by atoms with van der Waals surface area (Å²) in [4.78, 5) is 0. The highest BCUT2D eigenvalue weighted by Crippen LogP contribution is 2.32. The van der Waals surface area contributed by atoms with E-state index in [1.165, 1.54) is 37.9 Å². The molecule has 0 N–H and O–H groups in total. The zero-order chi connectivity index (χ0) is 10.5. The molecule has 0 atom stereocenters. The van der Waals surface area contributed by atoms with Crippen LogP contribution in [-0.4, -0.2) is 22.2 Å². The molecule has 1 aromatic heterocycles. The topological polar surface area (TPSA) is 25.8 Å². The van der Waals surface area contributed by atoms with Crippen molar-refractivity contribution in [2.75, 3.05) is 12.0 Å². The fraction of sp³-hybridized carbons (Fsp3) is 0.800. The number of hydrogen-bond acceptors (Lipinski definition) is 5. The van der Waals surface area contributed by atoms with E-state index in [2.05, 4.69) is 16.5 Å². The van der Waals surface area contributed by atoms with E-state index < -0.39 is 0 Å². The molecule has 0 bridgehead atoms. The van der Waals surface area contributed by atoms with Gasteiger partial charge in [-0.25, -0.2) is 0 Å². The Hall–Kier alpha value is 0.260. The van der Waals surface area contributed by atoms with Gasteiger partial charge in [-0.2, -0.15) is 0 Å². The molecule has 0 radical (unpaired) electrons. The number of thioether (sulfide) groups is 2. The van der Waals surface area contributed by atoms with Crippen molar-refractivity contribution in [3.05, 3.63) is 0 Å². The first-order valence-corrected chi connectivity index (χ1v) is 8.41. The van der Waals surface area contributed by atoms with Gasteiger partial charge in [-0.3, -0.25) is 0 Å². The molecule has 1 aromatic rings. The van der Waals surface area contributed by atoms with Crippen LogP contribution in [0, 0.1) is 5.92 Å². The lowest BCUT2D eigenvalue weighted by Crippen LogP contribution is -2.08. The summed E-state index contributed by atoms with van der Waals surface area (Å²) in [6.45, 7) is 0. The molecule has 1 saturated carbocycles. The van der Waals surface area contributed by atoms with E-state index in [0.717, 1.165) is 14.6 Å². The molecule has 2 rings (SSSR count). The van der Waals surface area contributed by atoms with Crippen LogP contribution in [0.5, 0.6) is 0 Å². The second-order valence-corrected chi connectivity index (χ2v) is 7.15. The third kappa shape index (κ3) is 3.64. The first-order valence-electron chi connectivity index (χ1n) is 5.39. The Morgan fingerprint density at radius 1 is 1.20 bits per heavy atom. The summed E-state index contributed by atoms with van der Waals surface area (Å²) in [5.41, 5.74) is 0. The van der Waals surface area contributed by atoms with Crippen molar-refractivity contribution in [2.24, 2.45) is 5.92 Å². The smallest absolute Gasteiger partial charge is 0.131 e. The molecular weight excluding hydrogens is 244 g/mol. The SMILES string of the molecule is CSc1nnc(SCC2CCCCC2)s1. The number of nitrogens with zero attached hydrogens (tertiary/aromatic N) is 2. The van der Waals surface area contributed by atoms with Crippen LogP contribution < -0.4 is 0 Å². The summed E-state index contributed by atoms with van der Waals surface area (Å²) >= 11 is 5.30. The molecule has 5 heteroatoms. The third-order valence-corrected chi connectivity index (χ3v) is 5.99. The Balaban J connectivity index is 1.76. The largest absolute Gasteiger partial charge is 0.175 e. The first-order chi connectivity index (χ1) is 7.38. The second-order valence-electron chi connectivity index (χ2n) is 3.85. The molecule has 0 aromatic carbocycles. The standard InChI is InChI=1S/C10H16N2S3/c1-13-9-11-12-10(15-9)14-7-8-5-3-2-4-6-8/h8H,2-7H2,1H3. The van der Waals surface area contributed by atoms with Gasteiger partial charge in [0.2, 0.25) is 0 Å². The Morgan fingerprint density at radius 2 is 1.93 bits per heavy atom. The van der Waals surface area contributed by atoms with Crippen molar-refractivity contribution in [1.82, 2.24) is 10.2 Å². The molecule has 2 nitrogen and oxygen atoms in total. The summed E-state index contributed by atoms with van der Waals surface area (Å²) in [6.07, 6.45) is 9.18. The minimum Gasteiger partial charge on any atom is -0.131 e. The minimum atomic E-state index is 0.922. The van der Waals surface area contributed by atoms with Crippen molar-refractivity contribution in [1.29, 1.82) is 0 Å². The van der Waals surface area contributed by atoms with E-state index in [-0.39, 0.29) is 0 Å². The van der Waals surface area contributed by atoms with Crippen LogP contribution in [0.1, 0.15) is 32.1 Å². The molecule has 84 valence electrons. The normalized spacial score (nSPS) is 18.2. The van der Waals surface area contributed by atoms with Gasteiger partial charge in [0.25, 0.3) is 0 Å². The molecule has 15 heavy (non-hydrogen) atoms. The Bertz CT molecular complexity index is 295. The fourth-order valence-corrected chi connectivity index (χ4v) is 4.53. The van der Waals surface area contributed by atoms with Gasteiger partial charge >= 0.3 is 0 Å². The molecule has 1 fully saturated rings. The quantitative estimate of drug-likeness (QED) is 0.766. The Kier molecular flexibility index (Phi) is 4.78. The van der Waals surface area contributed by atoms with Crippen molar-refractivity contribution in [2.45, 2.75) is 40.8 Å². The number of hydrogen-bond donors (Lipinski definition) is 0. The molecule has 0 saturated heterocycles. The molecule has 1 aliphatic carbocycles. The average Bonchev–Trinajstić information content (AvgIpc) is 2.76. The maximum Gasteiger partial charge on any atom is 0.175 e. The zero-order valence-electron chi connectivity index (χ0n) is 8.94. The van der Waals surface area contributed by atoms with Gasteiger partial charge in [-0.1, -0.05) is 54.1 Å². The van der Waals surface area contributed by atoms with Crippen LogP contribution in [0.3, 0.4) is 0 Å². The lowest BCUT2D eigenvalue weighted by Gasteiger charge is -2.20. The maximum atomic E-state index is 4.18. The minimum absolute atomic E-state index is 0.922. The summed E-state index contributed by atoms with van der Waals surface area (Å²) in [5, 5.41) is 8.29. The third-order valence-electron chi connectivity index (χ3n) is 2.73. The maximum absolute atomic E-state index is 4.18. The van der Waals surface area contributed by atoms with Gasteiger partial charge in [0.05, 0.1) is 0 Å². The van der Waals surface area contributed by atoms with E-state index in [9.17, 15) is 0 Å². The monoisotopic (exact) mass is 260 g/mol. The average molecular weight is 260 g/mol. The zero-order valence-corrected chi connectivity index (χ0v) is 11.4. The Labute approximate surface area is 104 Å². The van der Waals surface area contributed by atoms with Crippen LogP contribution >= 0.6 is 34.9 Å². The van der Waals surface area contributed by atoms with E-state index in [4.69, 9.17) is 0 Å². The van der Waals surface area contributed by atoms with Crippen LogP contribution in [0.2, 0.25) is 0 Å². The van der Waals surface area contributed by atoms with Gasteiger partial charge in [0, 0.05) is 5.75 Å². The predicted octanol–water partition coefficient (Wildman–Crippen LogP) is 3.93. The highest BCUT2D eigenvalue weighted by atomic mass is 32.2. The summed E-state index contributed by atoms with van der Waals surface area (Å²) in [6, 6.07) is 0. The van der Waals surface area contributed by atoms with Crippen molar-refractivity contribution in [3.8, 4) is 0 Å². The van der Waals surface area contributed by atoms with Crippen molar-refractivity contribution < 1.29 is 0 Å². The van der Waals surface area contributed by atoms with E-state index in [1.807, 2.05) is 11.8 Å². The van der Waals surface area contributed by atoms with Gasteiger partial charge in [0.15, 0.2) is 8.68 Å². The number of aromatic nitrogens is 2. The van der Waals surface area contributed by atoms with Crippen LogP contribution in [0.4, 0.5) is 0 Å². The van der Waals surface area contributed by atoms with E-state index >= 15 is 0 Å². The van der Waals surface area contributed by atoms with Gasteiger partial charge in [-0.05, 0) is 25.0 Å². The Morgan fingerprint density at radius 3 is 2.60 bits per heavy atom. The summed E-state index contributed by atoms with van der Waals surface area (Å²) < 4.78 is 2.23. The first kappa shape index (κ1) is 11.7. The second kappa shape index (κ2) is 6.11. The molecule has 0 aliphatic heterocycles. The van der Waals surface area contributed by atoms with Crippen LogP contribution in [-0.2, 0) is 0 Å². The van der Waals surface area contributed by atoms with Gasteiger partial charge in [-0.15, -0.1) is 10.2 Å². The number of rotatable bonds is 4. The lowest BCUT2D eigenvalue weighted by atomic mass is 9.91.